The topological polar surface area (TPSA) is 25.8 Å². The average molecular weight is 184 g/mol. The van der Waals surface area contributed by atoms with Crippen molar-refractivity contribution in [2.45, 2.75) is 33.5 Å². The van der Waals surface area contributed by atoms with Crippen LogP contribution in [-0.2, 0) is 0 Å². The van der Waals surface area contributed by atoms with E-state index in [4.69, 9.17) is 7.85 Å². The Labute approximate surface area is 85.9 Å². The molecule has 0 saturated heterocycles. The summed E-state index contributed by atoms with van der Waals surface area (Å²) in [7, 11) is 6.07. The van der Waals surface area contributed by atoms with Gasteiger partial charge in [0.15, 0.2) is 0 Å². The third-order valence-electron chi connectivity index (χ3n) is 2.96. The molecule has 0 N–H and O–H groups in total. The van der Waals surface area contributed by atoms with E-state index in [1.54, 1.807) is 0 Å². The second-order valence-electron chi connectivity index (χ2n) is 3.90. The predicted octanol–water partition coefficient (Wildman–Crippen LogP) is 2.11. The molecule has 1 aromatic rings. The van der Waals surface area contributed by atoms with Crippen LogP contribution >= 0.6 is 0 Å². The van der Waals surface area contributed by atoms with Crippen LogP contribution in [0.15, 0.2) is 5.57 Å². The molecule has 0 aromatic carbocycles. The first kappa shape index (κ1) is 9.44. The summed E-state index contributed by atoms with van der Waals surface area (Å²) < 4.78 is 0. The normalized spacial score (nSPS) is 20.1. The van der Waals surface area contributed by atoms with Gasteiger partial charge in [0.25, 0.3) is 0 Å². The molecule has 0 fully saturated rings. The molecule has 0 amide bonds. The molecule has 70 valence electrons. The summed E-state index contributed by atoms with van der Waals surface area (Å²) in [6, 6.07) is 0. The molecule has 3 heteroatoms. The number of aromatic nitrogens is 2. The first-order valence-electron chi connectivity index (χ1n) is 4.81. The standard InChI is InChI=1S/C11H13BN2/c1-5-6(2)10(12)11-9(5)7(3)13-8(4)14-11/h10H,1-4H3. The van der Waals surface area contributed by atoms with Crippen LogP contribution < -0.4 is 0 Å². The van der Waals surface area contributed by atoms with E-state index in [9.17, 15) is 0 Å². The lowest BCUT2D eigenvalue weighted by molar-refractivity contribution is 0.932. The highest BCUT2D eigenvalue weighted by molar-refractivity contribution is 6.16. The number of hydrogen-bond acceptors (Lipinski definition) is 2. The van der Waals surface area contributed by atoms with Crippen LogP contribution in [0, 0.1) is 13.8 Å². The van der Waals surface area contributed by atoms with Crippen molar-refractivity contribution in [3.8, 4) is 0 Å². The first-order chi connectivity index (χ1) is 6.52. The molecule has 0 bridgehead atoms. The number of hydrogen-bond donors (Lipinski definition) is 0. The molecule has 1 unspecified atom stereocenters. The van der Waals surface area contributed by atoms with Gasteiger partial charge in [-0.2, -0.15) is 0 Å². The largest absolute Gasteiger partial charge is 0.238 e. The summed E-state index contributed by atoms with van der Waals surface area (Å²) in [6.07, 6.45) is 0. The smallest absolute Gasteiger partial charge is 0.125 e. The molecule has 2 rings (SSSR count). The molecule has 0 aliphatic heterocycles. The van der Waals surface area contributed by atoms with Crippen molar-refractivity contribution in [1.29, 1.82) is 0 Å². The molecule has 1 atom stereocenters. The van der Waals surface area contributed by atoms with E-state index in [1.807, 2.05) is 13.8 Å². The minimum Gasteiger partial charge on any atom is -0.238 e. The van der Waals surface area contributed by atoms with Crippen molar-refractivity contribution < 1.29 is 0 Å². The SMILES string of the molecule is [B]C1C(C)=C(C)c2c(C)nc(C)nc21. The number of allylic oxidation sites excluding steroid dienone is 2. The van der Waals surface area contributed by atoms with Gasteiger partial charge >= 0.3 is 0 Å². The molecular formula is C11H13BN2. The Morgan fingerprint density at radius 2 is 1.71 bits per heavy atom. The van der Waals surface area contributed by atoms with Crippen LogP contribution in [0.3, 0.4) is 0 Å². The van der Waals surface area contributed by atoms with E-state index in [0.29, 0.717) is 0 Å². The summed E-state index contributed by atoms with van der Waals surface area (Å²) in [5.74, 6) is 0.768. The zero-order valence-electron chi connectivity index (χ0n) is 9.05. The molecule has 2 nitrogen and oxygen atoms in total. The van der Waals surface area contributed by atoms with Crippen molar-refractivity contribution in [3.05, 3.63) is 28.3 Å². The molecule has 1 heterocycles. The van der Waals surface area contributed by atoms with Gasteiger partial charge in [-0.15, -0.1) is 0 Å². The molecule has 0 spiro atoms. The van der Waals surface area contributed by atoms with Gasteiger partial charge in [-0.1, -0.05) is 5.57 Å². The zero-order valence-corrected chi connectivity index (χ0v) is 9.05. The Morgan fingerprint density at radius 3 is 2.36 bits per heavy atom. The molecule has 1 aromatic heterocycles. The van der Waals surface area contributed by atoms with Gasteiger partial charge in [0.2, 0.25) is 0 Å². The minimum absolute atomic E-state index is 0.0367. The number of fused-ring (bicyclic) bond motifs is 1. The number of aryl methyl sites for hydroxylation is 2. The Morgan fingerprint density at radius 1 is 1.07 bits per heavy atom. The molecule has 1 aliphatic rings. The van der Waals surface area contributed by atoms with Crippen LogP contribution in [0.4, 0.5) is 0 Å². The van der Waals surface area contributed by atoms with E-state index in [1.165, 1.54) is 11.1 Å². The monoisotopic (exact) mass is 184 g/mol. The van der Waals surface area contributed by atoms with Gasteiger partial charge in [-0.05, 0) is 39.1 Å². The summed E-state index contributed by atoms with van der Waals surface area (Å²) in [5, 5.41) is 0. The number of rotatable bonds is 0. The van der Waals surface area contributed by atoms with E-state index >= 15 is 0 Å². The fourth-order valence-electron chi connectivity index (χ4n) is 2.06. The second-order valence-corrected chi connectivity index (χ2v) is 3.90. The van der Waals surface area contributed by atoms with Gasteiger partial charge in [-0.25, -0.2) is 9.97 Å². The summed E-state index contributed by atoms with van der Waals surface area (Å²) in [5.41, 5.74) is 5.64. The van der Waals surface area contributed by atoms with Gasteiger partial charge in [0.1, 0.15) is 5.82 Å². The molecule has 1 aliphatic carbocycles. The molecule has 2 radical (unpaired) electrons. The minimum atomic E-state index is -0.0367. The molecule has 14 heavy (non-hydrogen) atoms. The fourth-order valence-corrected chi connectivity index (χ4v) is 2.06. The Kier molecular flexibility index (Phi) is 1.98. The maximum Gasteiger partial charge on any atom is 0.125 e. The van der Waals surface area contributed by atoms with Crippen molar-refractivity contribution >= 4 is 13.4 Å². The van der Waals surface area contributed by atoms with Crippen LogP contribution in [0.1, 0.15) is 42.4 Å². The van der Waals surface area contributed by atoms with Crippen molar-refractivity contribution in [2.24, 2.45) is 0 Å². The quantitative estimate of drug-likeness (QED) is 0.577. The van der Waals surface area contributed by atoms with Crippen LogP contribution in [0.2, 0.25) is 0 Å². The molecule has 0 saturated carbocycles. The maximum atomic E-state index is 6.07. The Balaban J connectivity index is 2.73. The van der Waals surface area contributed by atoms with E-state index in [0.717, 1.165) is 22.8 Å². The van der Waals surface area contributed by atoms with Crippen molar-refractivity contribution in [1.82, 2.24) is 9.97 Å². The third-order valence-corrected chi connectivity index (χ3v) is 2.96. The lowest BCUT2D eigenvalue weighted by Gasteiger charge is -2.08. The van der Waals surface area contributed by atoms with Crippen molar-refractivity contribution in [3.63, 3.8) is 0 Å². The lowest BCUT2D eigenvalue weighted by Crippen LogP contribution is -2.04. The van der Waals surface area contributed by atoms with E-state index in [2.05, 4.69) is 23.8 Å². The first-order valence-corrected chi connectivity index (χ1v) is 4.81. The average Bonchev–Trinajstić information content (AvgIpc) is 2.31. The van der Waals surface area contributed by atoms with Gasteiger partial charge < -0.3 is 0 Å². The summed E-state index contributed by atoms with van der Waals surface area (Å²) >= 11 is 0. The van der Waals surface area contributed by atoms with Gasteiger partial charge in [0.05, 0.1) is 13.5 Å². The van der Waals surface area contributed by atoms with Crippen molar-refractivity contribution in [2.75, 3.05) is 0 Å². The van der Waals surface area contributed by atoms with Gasteiger partial charge in [-0.3, -0.25) is 0 Å². The number of nitrogens with zero attached hydrogens (tertiary/aromatic N) is 2. The summed E-state index contributed by atoms with van der Waals surface area (Å²) in [6.45, 7) is 8.08. The Hall–Kier alpha value is -1.12. The highest BCUT2D eigenvalue weighted by atomic mass is 14.9. The predicted molar refractivity (Wildman–Crippen MR) is 58.3 cm³/mol. The third kappa shape index (κ3) is 1.12. The van der Waals surface area contributed by atoms with Crippen LogP contribution in [0.25, 0.3) is 5.57 Å². The fraction of sp³-hybridized carbons (Fsp3) is 0.455. The maximum absolute atomic E-state index is 6.07. The summed E-state index contributed by atoms with van der Waals surface area (Å²) in [4.78, 5) is 8.78. The van der Waals surface area contributed by atoms with E-state index in [-0.39, 0.29) is 5.82 Å². The van der Waals surface area contributed by atoms with Crippen LogP contribution in [0.5, 0.6) is 0 Å². The lowest BCUT2D eigenvalue weighted by atomic mass is 9.81. The zero-order chi connectivity index (χ0) is 10.5. The van der Waals surface area contributed by atoms with Crippen LogP contribution in [-0.4, -0.2) is 17.8 Å². The molecular weight excluding hydrogens is 171 g/mol. The second kappa shape index (κ2) is 2.94. The van der Waals surface area contributed by atoms with Gasteiger partial charge in [0, 0.05) is 11.3 Å². The highest BCUT2D eigenvalue weighted by Crippen LogP contribution is 2.39. The van der Waals surface area contributed by atoms with E-state index < -0.39 is 0 Å². The highest BCUT2D eigenvalue weighted by Gasteiger charge is 2.26. The Bertz CT molecular complexity index is 435.